The van der Waals surface area contributed by atoms with E-state index in [4.69, 9.17) is 0 Å². The van der Waals surface area contributed by atoms with E-state index in [1.807, 2.05) is 23.7 Å². The standard InChI is InChI=1S/C21H29N3O2/c1-3-13-24-16(2)20(15-22-24)21(26)23-14-5-4-6-18(23)10-7-17-8-11-19(25)12-9-17/h8-9,11-12,15,18,25H,3-7,10,13-14H2,1-2H3. The number of likely N-dealkylation sites (tertiary alicyclic amines) is 1. The van der Waals surface area contributed by atoms with Crippen LogP contribution in [0.15, 0.2) is 30.5 Å². The maximum atomic E-state index is 13.1. The number of hydrogen-bond donors (Lipinski definition) is 1. The Balaban J connectivity index is 1.69. The second-order valence-electron chi connectivity index (χ2n) is 7.22. The molecule has 0 radical (unpaired) electrons. The normalized spacial score (nSPS) is 17.5. The van der Waals surface area contributed by atoms with Gasteiger partial charge in [-0.2, -0.15) is 5.10 Å². The summed E-state index contributed by atoms with van der Waals surface area (Å²) in [5.74, 6) is 0.419. The molecule has 26 heavy (non-hydrogen) atoms. The van der Waals surface area contributed by atoms with E-state index in [9.17, 15) is 9.90 Å². The van der Waals surface area contributed by atoms with Crippen LogP contribution in [0, 0.1) is 6.92 Å². The van der Waals surface area contributed by atoms with Gasteiger partial charge in [0.2, 0.25) is 0 Å². The molecule has 1 amide bonds. The molecule has 0 aliphatic carbocycles. The van der Waals surface area contributed by atoms with E-state index in [1.165, 1.54) is 12.0 Å². The summed E-state index contributed by atoms with van der Waals surface area (Å²) in [5, 5.41) is 13.8. The summed E-state index contributed by atoms with van der Waals surface area (Å²) < 4.78 is 1.93. The van der Waals surface area contributed by atoms with Gasteiger partial charge in [-0.15, -0.1) is 0 Å². The van der Waals surface area contributed by atoms with Gasteiger partial charge in [0.05, 0.1) is 11.8 Å². The molecule has 140 valence electrons. The van der Waals surface area contributed by atoms with Gasteiger partial charge in [0.1, 0.15) is 5.75 Å². The monoisotopic (exact) mass is 355 g/mol. The Morgan fingerprint density at radius 2 is 2.04 bits per heavy atom. The van der Waals surface area contributed by atoms with Gasteiger partial charge in [-0.3, -0.25) is 9.48 Å². The Morgan fingerprint density at radius 3 is 2.77 bits per heavy atom. The zero-order chi connectivity index (χ0) is 18.5. The number of carbonyl (C=O) groups is 1. The highest BCUT2D eigenvalue weighted by Crippen LogP contribution is 2.25. The summed E-state index contributed by atoms with van der Waals surface area (Å²) in [6.07, 6.45) is 7.93. The molecule has 5 nitrogen and oxygen atoms in total. The number of amides is 1. The van der Waals surface area contributed by atoms with E-state index >= 15 is 0 Å². The van der Waals surface area contributed by atoms with E-state index in [0.29, 0.717) is 5.75 Å². The molecular weight excluding hydrogens is 326 g/mol. The van der Waals surface area contributed by atoms with Crippen molar-refractivity contribution in [3.63, 3.8) is 0 Å². The lowest BCUT2D eigenvalue weighted by atomic mass is 9.95. The van der Waals surface area contributed by atoms with Crippen molar-refractivity contribution in [3.05, 3.63) is 47.3 Å². The van der Waals surface area contributed by atoms with Crippen molar-refractivity contribution in [2.24, 2.45) is 0 Å². The van der Waals surface area contributed by atoms with Gasteiger partial charge in [0.15, 0.2) is 0 Å². The van der Waals surface area contributed by atoms with Crippen LogP contribution in [0.5, 0.6) is 5.75 Å². The minimum absolute atomic E-state index is 0.125. The Kier molecular flexibility index (Phi) is 5.96. The Morgan fingerprint density at radius 1 is 1.27 bits per heavy atom. The fourth-order valence-corrected chi connectivity index (χ4v) is 3.81. The number of aryl methyl sites for hydroxylation is 2. The summed E-state index contributed by atoms with van der Waals surface area (Å²) >= 11 is 0. The number of benzene rings is 1. The number of nitrogens with zero attached hydrogens (tertiary/aromatic N) is 3. The zero-order valence-corrected chi connectivity index (χ0v) is 15.8. The summed E-state index contributed by atoms with van der Waals surface area (Å²) in [6.45, 7) is 5.79. The molecule has 0 saturated carbocycles. The molecule has 2 aromatic rings. The Hall–Kier alpha value is -2.30. The molecule has 1 atom stereocenters. The number of aromatic hydroxyl groups is 1. The first-order chi connectivity index (χ1) is 12.6. The minimum Gasteiger partial charge on any atom is -0.508 e. The fraction of sp³-hybridized carbons (Fsp3) is 0.524. The van der Waals surface area contributed by atoms with Gasteiger partial charge in [-0.25, -0.2) is 0 Å². The zero-order valence-electron chi connectivity index (χ0n) is 15.8. The molecule has 1 N–H and O–H groups in total. The summed E-state index contributed by atoms with van der Waals surface area (Å²) in [4.78, 5) is 15.2. The third-order valence-corrected chi connectivity index (χ3v) is 5.36. The van der Waals surface area contributed by atoms with Gasteiger partial charge < -0.3 is 10.0 Å². The van der Waals surface area contributed by atoms with Crippen LogP contribution in [0.3, 0.4) is 0 Å². The lowest BCUT2D eigenvalue weighted by Crippen LogP contribution is -2.44. The number of hydrogen-bond acceptors (Lipinski definition) is 3. The maximum Gasteiger partial charge on any atom is 0.257 e. The Labute approximate surface area is 155 Å². The molecule has 0 spiro atoms. The van der Waals surface area contributed by atoms with Crippen LogP contribution < -0.4 is 0 Å². The van der Waals surface area contributed by atoms with Crippen LogP contribution in [-0.2, 0) is 13.0 Å². The van der Waals surface area contributed by atoms with Crippen molar-refractivity contribution in [1.29, 1.82) is 0 Å². The number of phenolic OH excluding ortho intramolecular Hbond substituents is 1. The van der Waals surface area contributed by atoms with Crippen molar-refractivity contribution in [3.8, 4) is 5.75 Å². The average molecular weight is 355 g/mol. The quantitative estimate of drug-likeness (QED) is 0.854. The maximum absolute atomic E-state index is 13.1. The minimum atomic E-state index is 0.125. The molecule has 1 aliphatic heterocycles. The summed E-state index contributed by atoms with van der Waals surface area (Å²) in [5.41, 5.74) is 2.92. The fourth-order valence-electron chi connectivity index (χ4n) is 3.81. The molecule has 0 bridgehead atoms. The molecule has 3 rings (SSSR count). The molecule has 1 aliphatic rings. The van der Waals surface area contributed by atoms with Crippen molar-refractivity contribution < 1.29 is 9.90 Å². The first kappa shape index (κ1) is 18.5. The molecule has 1 unspecified atom stereocenters. The van der Waals surface area contributed by atoms with E-state index in [-0.39, 0.29) is 11.9 Å². The number of piperidine rings is 1. The highest BCUT2D eigenvalue weighted by atomic mass is 16.3. The lowest BCUT2D eigenvalue weighted by Gasteiger charge is -2.36. The van der Waals surface area contributed by atoms with E-state index in [0.717, 1.165) is 56.5 Å². The van der Waals surface area contributed by atoms with Crippen LogP contribution in [0.1, 0.15) is 60.6 Å². The topological polar surface area (TPSA) is 58.4 Å². The average Bonchev–Trinajstić information content (AvgIpc) is 3.02. The van der Waals surface area contributed by atoms with Crippen LogP contribution in [0.4, 0.5) is 0 Å². The molecular formula is C21H29N3O2. The van der Waals surface area contributed by atoms with Gasteiger partial charge in [0.25, 0.3) is 5.91 Å². The van der Waals surface area contributed by atoms with Crippen LogP contribution in [0.25, 0.3) is 0 Å². The lowest BCUT2D eigenvalue weighted by molar-refractivity contribution is 0.0601. The van der Waals surface area contributed by atoms with Crippen molar-refractivity contribution >= 4 is 5.91 Å². The SMILES string of the molecule is CCCn1ncc(C(=O)N2CCCCC2CCc2ccc(O)cc2)c1C. The molecule has 1 aromatic heterocycles. The number of aromatic nitrogens is 2. The van der Waals surface area contributed by atoms with Crippen molar-refractivity contribution in [2.75, 3.05) is 6.54 Å². The highest BCUT2D eigenvalue weighted by molar-refractivity contribution is 5.95. The number of phenols is 1. The largest absolute Gasteiger partial charge is 0.508 e. The highest BCUT2D eigenvalue weighted by Gasteiger charge is 2.29. The van der Waals surface area contributed by atoms with Crippen LogP contribution >= 0.6 is 0 Å². The second-order valence-corrected chi connectivity index (χ2v) is 7.22. The van der Waals surface area contributed by atoms with Gasteiger partial charge in [-0.1, -0.05) is 19.1 Å². The van der Waals surface area contributed by atoms with E-state index in [1.54, 1.807) is 18.3 Å². The predicted octanol–water partition coefficient (Wildman–Crippen LogP) is 3.93. The van der Waals surface area contributed by atoms with Crippen molar-refractivity contribution in [2.45, 2.75) is 65.0 Å². The summed E-state index contributed by atoms with van der Waals surface area (Å²) in [6, 6.07) is 7.65. The third-order valence-electron chi connectivity index (χ3n) is 5.36. The van der Waals surface area contributed by atoms with Gasteiger partial charge >= 0.3 is 0 Å². The van der Waals surface area contributed by atoms with E-state index in [2.05, 4.69) is 16.9 Å². The third kappa shape index (κ3) is 4.09. The summed E-state index contributed by atoms with van der Waals surface area (Å²) in [7, 11) is 0. The Bertz CT molecular complexity index is 736. The molecule has 1 saturated heterocycles. The first-order valence-corrected chi connectivity index (χ1v) is 9.71. The van der Waals surface area contributed by atoms with Crippen LogP contribution in [0.2, 0.25) is 0 Å². The number of rotatable bonds is 6. The smallest absolute Gasteiger partial charge is 0.257 e. The van der Waals surface area contributed by atoms with Gasteiger partial charge in [0, 0.05) is 24.8 Å². The molecule has 1 aromatic carbocycles. The van der Waals surface area contributed by atoms with E-state index < -0.39 is 0 Å². The second kappa shape index (κ2) is 8.39. The first-order valence-electron chi connectivity index (χ1n) is 9.71. The van der Waals surface area contributed by atoms with Crippen molar-refractivity contribution in [1.82, 2.24) is 14.7 Å². The number of carbonyl (C=O) groups excluding carboxylic acids is 1. The van der Waals surface area contributed by atoms with Gasteiger partial charge in [-0.05, 0) is 63.1 Å². The predicted molar refractivity (Wildman–Crippen MR) is 102 cm³/mol. The van der Waals surface area contributed by atoms with Crippen LogP contribution in [-0.4, -0.2) is 38.3 Å². The molecule has 5 heteroatoms. The molecule has 2 heterocycles. The molecule has 1 fully saturated rings.